The maximum Gasteiger partial charge on any atom is 0.305 e. The molecule has 0 saturated carbocycles. The molecule has 0 aliphatic carbocycles. The van der Waals surface area contributed by atoms with Crippen LogP contribution in [0.25, 0.3) is 0 Å². The van der Waals surface area contributed by atoms with Gasteiger partial charge in [-0.3, -0.25) is 4.79 Å². The molecule has 3 heteroatoms. The van der Waals surface area contributed by atoms with Gasteiger partial charge in [-0.1, -0.05) is 46.3 Å². The Hall–Kier alpha value is -0.830. The summed E-state index contributed by atoms with van der Waals surface area (Å²) in [6.45, 7) is 0. The van der Waals surface area contributed by atoms with Gasteiger partial charge in [0.15, 0.2) is 0 Å². The van der Waals surface area contributed by atoms with Crippen molar-refractivity contribution in [3.63, 3.8) is 0 Å². The number of hydrogen-bond acceptors (Lipinski definition) is 2. The van der Waals surface area contributed by atoms with Gasteiger partial charge in [0, 0.05) is 11.8 Å². The molecule has 1 aromatic carbocycles. The fraction of sp³-hybridized carbons (Fsp3) is 0.417. The summed E-state index contributed by atoms with van der Waals surface area (Å²) in [7, 11) is 1.43. The van der Waals surface area contributed by atoms with Crippen LogP contribution < -0.4 is 0 Å². The molecule has 0 amide bonds. The van der Waals surface area contributed by atoms with Gasteiger partial charge >= 0.3 is 5.97 Å². The highest BCUT2D eigenvalue weighted by molar-refractivity contribution is 9.09. The number of rotatable bonds is 5. The Balaban J connectivity index is 2.50. The molecule has 0 fully saturated rings. The lowest BCUT2D eigenvalue weighted by atomic mass is 9.98. The monoisotopic (exact) mass is 270 g/mol. The number of carbonyl (C=O) groups excluding carboxylic acids is 1. The first kappa shape index (κ1) is 12.2. The number of alkyl halides is 1. The lowest BCUT2D eigenvalue weighted by Crippen LogP contribution is -2.13. The Kier molecular flexibility index (Phi) is 5.40. The van der Waals surface area contributed by atoms with E-state index >= 15 is 0 Å². The topological polar surface area (TPSA) is 26.3 Å². The first-order chi connectivity index (χ1) is 7.26. The number of ether oxygens (including phenoxy) is 1. The average Bonchev–Trinajstić information content (AvgIpc) is 2.29. The van der Waals surface area contributed by atoms with E-state index in [9.17, 15) is 4.79 Å². The van der Waals surface area contributed by atoms with E-state index < -0.39 is 0 Å². The number of hydrogen-bond donors (Lipinski definition) is 0. The normalized spacial score (nSPS) is 12.1. The summed E-state index contributed by atoms with van der Waals surface area (Å²) in [5.41, 5.74) is 1.26. The molecule has 0 radical (unpaired) electrons. The van der Waals surface area contributed by atoms with Crippen LogP contribution in [0.5, 0.6) is 0 Å². The van der Waals surface area contributed by atoms with E-state index in [0.717, 1.165) is 11.8 Å². The Bertz CT molecular complexity index is 298. The lowest BCUT2D eigenvalue weighted by molar-refractivity contribution is -0.141. The molecule has 0 saturated heterocycles. The van der Waals surface area contributed by atoms with Crippen LogP contribution in [-0.4, -0.2) is 18.4 Å². The van der Waals surface area contributed by atoms with Crippen molar-refractivity contribution in [1.82, 2.24) is 0 Å². The maximum atomic E-state index is 11.1. The highest BCUT2D eigenvalue weighted by atomic mass is 79.9. The zero-order chi connectivity index (χ0) is 11.1. The van der Waals surface area contributed by atoms with Crippen molar-refractivity contribution >= 4 is 21.9 Å². The predicted octanol–water partition coefficient (Wildman–Crippen LogP) is 2.80. The molecule has 1 atom stereocenters. The minimum atomic E-state index is -0.143. The minimum absolute atomic E-state index is 0.143. The smallest absolute Gasteiger partial charge is 0.305 e. The van der Waals surface area contributed by atoms with E-state index in [-0.39, 0.29) is 5.97 Å². The Morgan fingerprint density at radius 2 is 2.07 bits per heavy atom. The molecule has 2 nitrogen and oxygen atoms in total. The summed E-state index contributed by atoms with van der Waals surface area (Å²) >= 11 is 3.42. The summed E-state index contributed by atoms with van der Waals surface area (Å²) in [4.78, 5) is 11.1. The zero-order valence-corrected chi connectivity index (χ0v) is 10.4. The first-order valence-electron chi connectivity index (χ1n) is 4.93. The number of halogens is 1. The molecule has 0 bridgehead atoms. The van der Waals surface area contributed by atoms with Crippen molar-refractivity contribution in [3.05, 3.63) is 35.9 Å². The molecule has 1 aromatic rings. The molecular formula is C12H15BrO2. The summed E-state index contributed by atoms with van der Waals surface area (Å²) in [6.07, 6.45) is 1.37. The van der Waals surface area contributed by atoms with Gasteiger partial charge in [0.25, 0.3) is 0 Å². The second-order valence-corrected chi connectivity index (χ2v) is 4.14. The fourth-order valence-electron chi connectivity index (χ4n) is 1.45. The van der Waals surface area contributed by atoms with E-state index in [4.69, 9.17) is 0 Å². The molecule has 15 heavy (non-hydrogen) atoms. The zero-order valence-electron chi connectivity index (χ0n) is 8.78. The standard InChI is InChI=1S/C12H15BrO2/c1-15-12(14)8-11(9-13)7-10-5-3-2-4-6-10/h2-6,11H,7-9H2,1H3. The number of esters is 1. The summed E-state index contributed by atoms with van der Waals surface area (Å²) in [5, 5.41) is 0.816. The first-order valence-corrected chi connectivity index (χ1v) is 6.05. The van der Waals surface area contributed by atoms with Gasteiger partial charge in [-0.2, -0.15) is 0 Å². The molecule has 0 heterocycles. The third kappa shape index (κ3) is 4.47. The second-order valence-electron chi connectivity index (χ2n) is 3.49. The second kappa shape index (κ2) is 6.62. The van der Waals surface area contributed by atoms with Crippen molar-refractivity contribution in [2.45, 2.75) is 12.8 Å². The quantitative estimate of drug-likeness (QED) is 0.608. The van der Waals surface area contributed by atoms with Gasteiger partial charge in [-0.15, -0.1) is 0 Å². The third-order valence-electron chi connectivity index (χ3n) is 2.27. The van der Waals surface area contributed by atoms with E-state index in [1.165, 1.54) is 12.7 Å². The van der Waals surface area contributed by atoms with Crippen LogP contribution in [0.4, 0.5) is 0 Å². The van der Waals surface area contributed by atoms with Crippen LogP contribution in [0, 0.1) is 5.92 Å². The molecule has 0 N–H and O–H groups in total. The molecule has 0 aliphatic heterocycles. The lowest BCUT2D eigenvalue weighted by Gasteiger charge is -2.12. The molecule has 82 valence electrons. The van der Waals surface area contributed by atoms with Gasteiger partial charge in [0.2, 0.25) is 0 Å². The van der Waals surface area contributed by atoms with Gasteiger partial charge in [-0.05, 0) is 17.9 Å². The van der Waals surface area contributed by atoms with Crippen LogP contribution >= 0.6 is 15.9 Å². The Labute approximate surface area is 98.8 Å². The number of benzene rings is 1. The summed E-state index contributed by atoms with van der Waals surface area (Å²) < 4.78 is 4.66. The maximum absolute atomic E-state index is 11.1. The molecule has 1 unspecified atom stereocenters. The van der Waals surface area contributed by atoms with Gasteiger partial charge in [0.05, 0.1) is 7.11 Å². The molecular weight excluding hydrogens is 256 g/mol. The average molecular weight is 271 g/mol. The highest BCUT2D eigenvalue weighted by Crippen LogP contribution is 2.15. The van der Waals surface area contributed by atoms with Crippen LogP contribution in [0.15, 0.2) is 30.3 Å². The Morgan fingerprint density at radius 1 is 1.40 bits per heavy atom. The van der Waals surface area contributed by atoms with Crippen LogP contribution in [0.2, 0.25) is 0 Å². The van der Waals surface area contributed by atoms with Gasteiger partial charge < -0.3 is 4.74 Å². The van der Waals surface area contributed by atoms with Crippen molar-refractivity contribution in [1.29, 1.82) is 0 Å². The predicted molar refractivity (Wildman–Crippen MR) is 64.1 cm³/mol. The number of methoxy groups -OCH3 is 1. The van der Waals surface area contributed by atoms with Gasteiger partial charge in [-0.25, -0.2) is 0 Å². The highest BCUT2D eigenvalue weighted by Gasteiger charge is 2.13. The van der Waals surface area contributed by atoms with Crippen molar-refractivity contribution in [3.8, 4) is 0 Å². The molecule has 0 spiro atoms. The van der Waals surface area contributed by atoms with E-state index in [1.54, 1.807) is 0 Å². The molecule has 0 aromatic heterocycles. The molecule has 1 rings (SSSR count). The van der Waals surface area contributed by atoms with Gasteiger partial charge in [0.1, 0.15) is 0 Å². The third-order valence-corrected chi connectivity index (χ3v) is 3.18. The van der Waals surface area contributed by atoms with Crippen LogP contribution in [0.3, 0.4) is 0 Å². The van der Waals surface area contributed by atoms with Crippen LogP contribution in [-0.2, 0) is 16.0 Å². The van der Waals surface area contributed by atoms with Crippen molar-refractivity contribution in [2.75, 3.05) is 12.4 Å². The van der Waals surface area contributed by atoms with E-state index in [0.29, 0.717) is 12.3 Å². The Morgan fingerprint density at radius 3 is 2.60 bits per heavy atom. The van der Waals surface area contributed by atoms with Crippen LogP contribution in [0.1, 0.15) is 12.0 Å². The fourth-order valence-corrected chi connectivity index (χ4v) is 1.91. The summed E-state index contributed by atoms with van der Waals surface area (Å²) in [5.74, 6) is 0.162. The SMILES string of the molecule is COC(=O)CC(CBr)Cc1ccccc1. The number of carbonyl (C=O) groups is 1. The minimum Gasteiger partial charge on any atom is -0.469 e. The molecule has 0 aliphatic rings. The van der Waals surface area contributed by atoms with E-state index in [1.807, 2.05) is 18.2 Å². The van der Waals surface area contributed by atoms with Crippen molar-refractivity contribution in [2.24, 2.45) is 5.92 Å². The largest absolute Gasteiger partial charge is 0.469 e. The summed E-state index contributed by atoms with van der Waals surface area (Å²) in [6, 6.07) is 10.2. The van der Waals surface area contributed by atoms with Crippen molar-refractivity contribution < 1.29 is 9.53 Å². The van der Waals surface area contributed by atoms with E-state index in [2.05, 4.69) is 32.8 Å².